The van der Waals surface area contributed by atoms with Crippen LogP contribution in [0.4, 0.5) is 0 Å². The third kappa shape index (κ3) is 4.02. The van der Waals surface area contributed by atoms with Gasteiger partial charge in [-0.1, -0.05) is 0 Å². The molecule has 0 spiro atoms. The molecule has 0 saturated carbocycles. The summed E-state index contributed by atoms with van der Waals surface area (Å²) in [5.41, 5.74) is 0.578. The van der Waals surface area contributed by atoms with Crippen molar-refractivity contribution < 1.29 is 13.5 Å². The summed E-state index contributed by atoms with van der Waals surface area (Å²) in [6.45, 7) is 0.269. The lowest BCUT2D eigenvalue weighted by Gasteiger charge is -2.03. The zero-order chi connectivity index (χ0) is 12.9. The number of nitrogens with zero attached hydrogens (tertiary/aromatic N) is 1. The Labute approximate surface area is 106 Å². The fraction of sp³-hybridized carbons (Fsp3) is 0.600. The molecule has 1 aromatic rings. The molecule has 7 heteroatoms. The number of hydrogen-bond acceptors (Lipinski definition) is 4. The minimum Gasteiger partial charge on any atom is -0.390 e. The molecule has 0 aliphatic rings. The number of aliphatic hydroxyl groups is 1. The number of thioether (sulfide) groups is 1. The molecule has 1 rings (SSSR count). The summed E-state index contributed by atoms with van der Waals surface area (Å²) in [6.07, 6.45) is 4.29. The van der Waals surface area contributed by atoms with Gasteiger partial charge in [0.05, 0.1) is 11.5 Å². The van der Waals surface area contributed by atoms with Crippen LogP contribution in [0.25, 0.3) is 0 Å². The van der Waals surface area contributed by atoms with Crippen molar-refractivity contribution in [3.8, 4) is 0 Å². The standard InChI is InChI=1S/C10H18N2O3S2/c1-12-7-10(6-9(12)8-13)17(14,15)11-4-3-5-16-2/h6-7,11,13H,3-5,8H2,1-2H3. The number of hydrogen-bond donors (Lipinski definition) is 2. The first-order chi connectivity index (χ1) is 8.01. The van der Waals surface area contributed by atoms with E-state index >= 15 is 0 Å². The minimum atomic E-state index is -3.44. The predicted octanol–water partition coefficient (Wildman–Crippen LogP) is 0.549. The van der Waals surface area contributed by atoms with Crippen LogP contribution in [0, 0.1) is 0 Å². The summed E-state index contributed by atoms with van der Waals surface area (Å²) in [7, 11) is -1.74. The van der Waals surface area contributed by atoms with Crippen molar-refractivity contribution in [3.63, 3.8) is 0 Å². The van der Waals surface area contributed by atoms with E-state index in [1.165, 1.54) is 12.3 Å². The molecule has 0 fully saturated rings. The molecule has 17 heavy (non-hydrogen) atoms. The predicted molar refractivity (Wildman–Crippen MR) is 69.5 cm³/mol. The fourth-order valence-corrected chi connectivity index (χ4v) is 2.99. The van der Waals surface area contributed by atoms with Crippen LogP contribution in [0.5, 0.6) is 0 Å². The molecule has 0 aliphatic heterocycles. The second-order valence-electron chi connectivity index (χ2n) is 3.68. The van der Waals surface area contributed by atoms with E-state index in [1.54, 1.807) is 23.4 Å². The first-order valence-electron chi connectivity index (χ1n) is 5.26. The maximum Gasteiger partial charge on any atom is 0.242 e. The van der Waals surface area contributed by atoms with E-state index in [9.17, 15) is 8.42 Å². The highest BCUT2D eigenvalue weighted by Crippen LogP contribution is 2.13. The summed E-state index contributed by atoms with van der Waals surface area (Å²) in [5.74, 6) is 0.930. The second-order valence-corrected chi connectivity index (χ2v) is 6.43. The van der Waals surface area contributed by atoms with Gasteiger partial charge in [-0.3, -0.25) is 0 Å². The van der Waals surface area contributed by atoms with Crippen molar-refractivity contribution in [2.45, 2.75) is 17.9 Å². The molecule has 0 saturated heterocycles. The molecule has 0 amide bonds. The van der Waals surface area contributed by atoms with Gasteiger partial charge in [-0.05, 0) is 24.5 Å². The van der Waals surface area contributed by atoms with E-state index in [1.807, 2.05) is 6.26 Å². The van der Waals surface area contributed by atoms with Crippen LogP contribution in [-0.2, 0) is 23.7 Å². The van der Waals surface area contributed by atoms with Gasteiger partial charge < -0.3 is 9.67 Å². The lowest BCUT2D eigenvalue weighted by Crippen LogP contribution is -2.24. The average Bonchev–Trinajstić information content (AvgIpc) is 2.67. The Bertz CT molecular complexity index is 454. The van der Waals surface area contributed by atoms with Gasteiger partial charge in [0.1, 0.15) is 0 Å². The van der Waals surface area contributed by atoms with Gasteiger partial charge in [-0.2, -0.15) is 11.8 Å². The first kappa shape index (κ1) is 14.6. The summed E-state index contributed by atoms with van der Waals surface area (Å²) in [5, 5.41) is 9.00. The Morgan fingerprint density at radius 3 is 2.76 bits per heavy atom. The van der Waals surface area contributed by atoms with E-state index in [0.717, 1.165) is 12.2 Å². The Kier molecular flexibility index (Phi) is 5.51. The van der Waals surface area contributed by atoms with E-state index in [0.29, 0.717) is 12.2 Å². The van der Waals surface area contributed by atoms with E-state index in [-0.39, 0.29) is 11.5 Å². The van der Waals surface area contributed by atoms with Gasteiger partial charge in [-0.25, -0.2) is 13.1 Å². The van der Waals surface area contributed by atoms with E-state index in [4.69, 9.17) is 5.11 Å². The topological polar surface area (TPSA) is 71.3 Å². The molecule has 5 nitrogen and oxygen atoms in total. The third-order valence-corrected chi connectivity index (χ3v) is 4.50. The molecular formula is C10H18N2O3S2. The van der Waals surface area contributed by atoms with Gasteiger partial charge in [-0.15, -0.1) is 0 Å². The maximum absolute atomic E-state index is 11.9. The monoisotopic (exact) mass is 278 g/mol. The Hall–Kier alpha value is -0.500. The first-order valence-corrected chi connectivity index (χ1v) is 8.13. The third-order valence-electron chi connectivity index (χ3n) is 2.37. The highest BCUT2D eigenvalue weighted by Gasteiger charge is 2.16. The highest BCUT2D eigenvalue weighted by molar-refractivity contribution is 7.98. The van der Waals surface area contributed by atoms with Crippen molar-refractivity contribution in [1.82, 2.24) is 9.29 Å². The lowest BCUT2D eigenvalue weighted by atomic mass is 10.5. The molecule has 2 N–H and O–H groups in total. The number of aliphatic hydroxyl groups excluding tert-OH is 1. The number of rotatable bonds is 7. The van der Waals surface area contributed by atoms with Gasteiger partial charge >= 0.3 is 0 Å². The van der Waals surface area contributed by atoms with Gasteiger partial charge in [0.15, 0.2) is 0 Å². The molecule has 0 unspecified atom stereocenters. The number of aryl methyl sites for hydroxylation is 1. The maximum atomic E-state index is 11.9. The number of nitrogens with one attached hydrogen (secondary N) is 1. The molecular weight excluding hydrogens is 260 g/mol. The zero-order valence-corrected chi connectivity index (χ0v) is 11.6. The number of aromatic nitrogens is 1. The molecule has 0 atom stereocenters. The molecule has 0 aliphatic carbocycles. The van der Waals surface area contributed by atoms with E-state index < -0.39 is 10.0 Å². The Balaban J connectivity index is 2.69. The summed E-state index contributed by atoms with van der Waals surface area (Å²) in [4.78, 5) is 0.202. The Morgan fingerprint density at radius 2 is 2.24 bits per heavy atom. The van der Waals surface area contributed by atoms with E-state index in [2.05, 4.69) is 4.72 Å². The molecule has 98 valence electrons. The minimum absolute atomic E-state index is 0.168. The molecule has 0 aromatic carbocycles. The average molecular weight is 278 g/mol. The largest absolute Gasteiger partial charge is 0.390 e. The van der Waals surface area contributed by atoms with Crippen molar-refractivity contribution >= 4 is 21.8 Å². The SMILES string of the molecule is CSCCCNS(=O)(=O)c1cc(CO)n(C)c1. The molecule has 0 radical (unpaired) electrons. The quantitative estimate of drug-likeness (QED) is 0.715. The smallest absolute Gasteiger partial charge is 0.242 e. The van der Waals surface area contributed by atoms with Crippen molar-refractivity contribution in [3.05, 3.63) is 18.0 Å². The van der Waals surface area contributed by atoms with Crippen LogP contribution < -0.4 is 4.72 Å². The van der Waals surface area contributed by atoms with Crippen LogP contribution in [0.2, 0.25) is 0 Å². The van der Waals surface area contributed by atoms with Crippen LogP contribution >= 0.6 is 11.8 Å². The lowest BCUT2D eigenvalue weighted by molar-refractivity contribution is 0.272. The summed E-state index contributed by atoms with van der Waals surface area (Å²) >= 11 is 1.69. The highest BCUT2D eigenvalue weighted by atomic mass is 32.2. The summed E-state index contributed by atoms with van der Waals surface area (Å²) < 4.78 is 27.9. The van der Waals surface area contributed by atoms with Gasteiger partial charge in [0.2, 0.25) is 10.0 Å². The fourth-order valence-electron chi connectivity index (χ4n) is 1.39. The molecule has 0 bridgehead atoms. The van der Waals surface area contributed by atoms with Crippen molar-refractivity contribution in [2.75, 3.05) is 18.6 Å². The molecule has 1 heterocycles. The molecule has 1 aromatic heterocycles. The Morgan fingerprint density at radius 1 is 1.53 bits per heavy atom. The van der Waals surface area contributed by atoms with Gasteiger partial charge in [0.25, 0.3) is 0 Å². The summed E-state index contributed by atoms with van der Waals surface area (Å²) in [6, 6.07) is 1.48. The van der Waals surface area contributed by atoms with Crippen LogP contribution in [0.15, 0.2) is 17.2 Å². The zero-order valence-electron chi connectivity index (χ0n) is 10.0. The van der Waals surface area contributed by atoms with Crippen LogP contribution in [0.1, 0.15) is 12.1 Å². The normalized spacial score (nSPS) is 11.9. The van der Waals surface area contributed by atoms with Crippen LogP contribution in [-0.4, -0.2) is 36.6 Å². The van der Waals surface area contributed by atoms with Crippen molar-refractivity contribution in [2.24, 2.45) is 7.05 Å². The second kappa shape index (κ2) is 6.44. The van der Waals surface area contributed by atoms with Gasteiger partial charge in [0, 0.05) is 25.5 Å². The number of sulfonamides is 1. The van der Waals surface area contributed by atoms with Crippen LogP contribution in [0.3, 0.4) is 0 Å². The van der Waals surface area contributed by atoms with Crippen molar-refractivity contribution in [1.29, 1.82) is 0 Å².